The monoisotopic (exact) mass is 312 g/mol. The van der Waals surface area contributed by atoms with Crippen LogP contribution in [0.2, 0.25) is 0 Å². The fraction of sp³-hybridized carbons (Fsp3) is 0.222. The lowest BCUT2D eigenvalue weighted by Gasteiger charge is -2.20. The maximum Gasteiger partial charge on any atom is 0.240 e. The largest absolute Gasteiger partial charge is 0.497 e. The lowest BCUT2D eigenvalue weighted by atomic mass is 9.98. The van der Waals surface area contributed by atoms with Gasteiger partial charge in [-0.3, -0.25) is 4.79 Å². The summed E-state index contributed by atoms with van der Waals surface area (Å²) in [5, 5.41) is 5.92. The molecule has 2 aromatic carbocycles. The Morgan fingerprint density at radius 2 is 1.83 bits per heavy atom. The first-order chi connectivity index (χ1) is 11.1. The topological polar surface area (TPSA) is 41.9 Å². The second-order valence-electron chi connectivity index (χ2n) is 5.41. The van der Waals surface area contributed by atoms with Gasteiger partial charge >= 0.3 is 0 Å². The van der Waals surface area contributed by atoms with Gasteiger partial charge in [-0.2, -0.15) is 5.10 Å². The molecule has 5 heteroatoms. The number of methoxy groups -OCH3 is 1. The Morgan fingerprint density at radius 3 is 2.39 bits per heavy atom. The molecule has 1 amide bonds. The first kappa shape index (κ1) is 15.2. The number of benzene rings is 2. The number of hydrazone groups is 1. The maximum absolute atomic E-state index is 13.1. The van der Waals surface area contributed by atoms with Crippen LogP contribution in [0.4, 0.5) is 4.39 Å². The van der Waals surface area contributed by atoms with E-state index in [4.69, 9.17) is 4.74 Å². The highest BCUT2D eigenvalue weighted by Crippen LogP contribution is 2.33. The number of hydrogen-bond acceptors (Lipinski definition) is 3. The zero-order valence-corrected chi connectivity index (χ0v) is 13.0. The normalized spacial score (nSPS) is 17.1. The van der Waals surface area contributed by atoms with Crippen LogP contribution in [-0.4, -0.2) is 23.7 Å². The predicted octanol–water partition coefficient (Wildman–Crippen LogP) is 3.53. The third-order valence-corrected chi connectivity index (χ3v) is 3.91. The number of ether oxygens (including phenoxy) is 1. The molecule has 0 radical (unpaired) electrons. The summed E-state index contributed by atoms with van der Waals surface area (Å²) in [5.41, 5.74) is 2.59. The van der Waals surface area contributed by atoms with Crippen molar-refractivity contribution >= 4 is 11.6 Å². The number of carbonyl (C=O) groups is 1. The number of nitrogens with zero attached hydrogens (tertiary/aromatic N) is 2. The van der Waals surface area contributed by atoms with Gasteiger partial charge in [0, 0.05) is 13.3 Å². The van der Waals surface area contributed by atoms with E-state index in [9.17, 15) is 9.18 Å². The van der Waals surface area contributed by atoms with Gasteiger partial charge in [-0.1, -0.05) is 24.3 Å². The SMILES string of the molecule is COc1ccc([C@@H]2CC(c3ccc(F)cc3)=NN2C(C)=O)cc1. The number of amides is 1. The molecule has 0 saturated carbocycles. The Hall–Kier alpha value is -2.69. The van der Waals surface area contributed by atoms with E-state index in [2.05, 4.69) is 5.10 Å². The summed E-state index contributed by atoms with van der Waals surface area (Å²) >= 11 is 0. The molecule has 1 aliphatic heterocycles. The summed E-state index contributed by atoms with van der Waals surface area (Å²) in [5.74, 6) is 0.353. The summed E-state index contributed by atoms with van der Waals surface area (Å²) in [6, 6.07) is 13.6. The molecular weight excluding hydrogens is 295 g/mol. The molecule has 0 saturated heterocycles. The smallest absolute Gasteiger partial charge is 0.240 e. The van der Waals surface area contributed by atoms with Crippen LogP contribution in [0.1, 0.15) is 30.5 Å². The van der Waals surface area contributed by atoms with Gasteiger partial charge in [-0.25, -0.2) is 9.40 Å². The molecule has 1 heterocycles. The van der Waals surface area contributed by atoms with Crippen molar-refractivity contribution in [1.29, 1.82) is 0 Å². The van der Waals surface area contributed by atoms with Crippen LogP contribution >= 0.6 is 0 Å². The minimum absolute atomic E-state index is 0.122. The van der Waals surface area contributed by atoms with Gasteiger partial charge in [0.1, 0.15) is 11.6 Å². The average molecular weight is 312 g/mol. The van der Waals surface area contributed by atoms with Gasteiger partial charge in [-0.05, 0) is 35.4 Å². The van der Waals surface area contributed by atoms with Crippen LogP contribution in [0.3, 0.4) is 0 Å². The van der Waals surface area contributed by atoms with E-state index < -0.39 is 0 Å². The summed E-state index contributed by atoms with van der Waals surface area (Å²) < 4.78 is 18.2. The van der Waals surface area contributed by atoms with Crippen LogP contribution < -0.4 is 4.74 Å². The Labute approximate surface area is 134 Å². The van der Waals surface area contributed by atoms with Crippen molar-refractivity contribution in [3.63, 3.8) is 0 Å². The Balaban J connectivity index is 1.90. The zero-order chi connectivity index (χ0) is 16.4. The van der Waals surface area contributed by atoms with Gasteiger partial charge in [0.15, 0.2) is 0 Å². The second-order valence-corrected chi connectivity index (χ2v) is 5.41. The van der Waals surface area contributed by atoms with Gasteiger partial charge in [0.05, 0.1) is 18.9 Å². The molecule has 1 aliphatic rings. The molecule has 1 atom stereocenters. The van der Waals surface area contributed by atoms with Crippen molar-refractivity contribution in [2.45, 2.75) is 19.4 Å². The predicted molar refractivity (Wildman–Crippen MR) is 85.8 cm³/mol. The molecule has 0 fully saturated rings. The second kappa shape index (κ2) is 6.20. The molecule has 118 valence electrons. The van der Waals surface area contributed by atoms with E-state index in [1.165, 1.54) is 24.1 Å². The van der Waals surface area contributed by atoms with Crippen molar-refractivity contribution in [1.82, 2.24) is 5.01 Å². The highest BCUT2D eigenvalue weighted by atomic mass is 19.1. The van der Waals surface area contributed by atoms with Gasteiger partial charge < -0.3 is 4.74 Å². The van der Waals surface area contributed by atoms with Crippen molar-refractivity contribution in [2.75, 3.05) is 7.11 Å². The van der Waals surface area contributed by atoms with Gasteiger partial charge in [0.2, 0.25) is 5.91 Å². The summed E-state index contributed by atoms with van der Waals surface area (Å²) in [6.07, 6.45) is 0.595. The fourth-order valence-electron chi connectivity index (χ4n) is 2.70. The fourth-order valence-corrected chi connectivity index (χ4v) is 2.70. The molecule has 23 heavy (non-hydrogen) atoms. The number of carbonyl (C=O) groups excluding carboxylic acids is 1. The summed E-state index contributed by atoms with van der Waals surface area (Å²) in [6.45, 7) is 1.49. The van der Waals surface area contributed by atoms with Crippen LogP contribution in [-0.2, 0) is 4.79 Å². The minimum Gasteiger partial charge on any atom is -0.497 e. The number of halogens is 1. The van der Waals surface area contributed by atoms with E-state index in [1.807, 2.05) is 24.3 Å². The van der Waals surface area contributed by atoms with E-state index in [0.29, 0.717) is 6.42 Å². The first-order valence-electron chi connectivity index (χ1n) is 7.35. The van der Waals surface area contributed by atoms with Crippen LogP contribution in [0.25, 0.3) is 0 Å². The number of hydrogen-bond donors (Lipinski definition) is 0. The van der Waals surface area contributed by atoms with Crippen LogP contribution in [0, 0.1) is 5.82 Å². The van der Waals surface area contributed by atoms with E-state index >= 15 is 0 Å². The van der Waals surface area contributed by atoms with Crippen LogP contribution in [0.5, 0.6) is 5.75 Å². The molecule has 4 nitrogen and oxygen atoms in total. The number of rotatable bonds is 3. The standard InChI is InChI=1S/C18H17FN2O2/c1-12(22)21-18(14-5-9-16(23-2)10-6-14)11-17(20-21)13-3-7-15(19)8-4-13/h3-10,18H,11H2,1-2H3/t18-/m0/s1. The molecule has 0 aliphatic carbocycles. The maximum atomic E-state index is 13.1. The lowest BCUT2D eigenvalue weighted by Crippen LogP contribution is -2.24. The van der Waals surface area contributed by atoms with Gasteiger partial charge in [-0.15, -0.1) is 0 Å². The van der Waals surface area contributed by atoms with Crippen molar-refractivity contribution in [3.05, 3.63) is 65.5 Å². The molecule has 0 N–H and O–H groups in total. The molecule has 0 bridgehead atoms. The summed E-state index contributed by atoms with van der Waals surface area (Å²) in [7, 11) is 1.61. The Morgan fingerprint density at radius 1 is 1.17 bits per heavy atom. The van der Waals surface area contributed by atoms with Crippen molar-refractivity contribution < 1.29 is 13.9 Å². The molecular formula is C18H17FN2O2. The first-order valence-corrected chi connectivity index (χ1v) is 7.35. The van der Waals surface area contributed by atoms with Crippen LogP contribution in [0.15, 0.2) is 53.6 Å². The van der Waals surface area contributed by atoms with Crippen molar-refractivity contribution in [3.8, 4) is 5.75 Å². The highest BCUT2D eigenvalue weighted by molar-refractivity contribution is 6.03. The Kier molecular flexibility index (Phi) is 4.10. The molecule has 3 rings (SSSR count). The van der Waals surface area contributed by atoms with E-state index in [0.717, 1.165) is 22.6 Å². The molecule has 0 aromatic heterocycles. The van der Waals surface area contributed by atoms with E-state index in [-0.39, 0.29) is 17.8 Å². The van der Waals surface area contributed by atoms with Gasteiger partial charge in [0.25, 0.3) is 0 Å². The Bertz CT molecular complexity index is 739. The van der Waals surface area contributed by atoms with Crippen molar-refractivity contribution in [2.24, 2.45) is 5.10 Å². The third-order valence-electron chi connectivity index (χ3n) is 3.91. The summed E-state index contributed by atoms with van der Waals surface area (Å²) in [4.78, 5) is 11.9. The zero-order valence-electron chi connectivity index (χ0n) is 13.0. The molecule has 2 aromatic rings. The molecule has 0 unspecified atom stereocenters. The average Bonchev–Trinajstić information content (AvgIpc) is 3.01. The van der Waals surface area contributed by atoms with E-state index in [1.54, 1.807) is 19.2 Å². The third kappa shape index (κ3) is 3.08. The minimum atomic E-state index is -0.289. The molecule has 0 spiro atoms. The lowest BCUT2D eigenvalue weighted by molar-refractivity contribution is -0.130. The highest BCUT2D eigenvalue weighted by Gasteiger charge is 2.31. The quantitative estimate of drug-likeness (QED) is 0.870.